The fourth-order valence-electron chi connectivity index (χ4n) is 2.51. The minimum atomic E-state index is -0.533. The topological polar surface area (TPSA) is 51.2 Å². The van der Waals surface area contributed by atoms with Crippen LogP contribution in [0.25, 0.3) is 10.1 Å². The average molecular weight is 326 g/mol. The number of pyridine rings is 1. The van der Waals surface area contributed by atoms with Crippen molar-refractivity contribution in [3.8, 4) is 0 Å². The predicted molar refractivity (Wildman–Crippen MR) is 92.4 cm³/mol. The molecule has 0 fully saturated rings. The van der Waals surface area contributed by atoms with Crippen molar-refractivity contribution in [3.05, 3.63) is 65.3 Å². The number of fused-ring (bicyclic) bond motifs is 1. The van der Waals surface area contributed by atoms with Crippen LogP contribution in [-0.2, 0) is 9.53 Å². The first kappa shape index (κ1) is 15.6. The molecule has 0 bridgehead atoms. The summed E-state index contributed by atoms with van der Waals surface area (Å²) < 4.78 is 6.18. The third kappa shape index (κ3) is 3.41. The third-order valence-electron chi connectivity index (χ3n) is 3.74. The lowest BCUT2D eigenvalue weighted by molar-refractivity contribution is -0.143. The molecule has 4 nitrogen and oxygen atoms in total. The number of ether oxygens (including phenoxy) is 1. The van der Waals surface area contributed by atoms with Crippen LogP contribution in [0.3, 0.4) is 0 Å². The van der Waals surface area contributed by atoms with Gasteiger partial charge in [0.25, 0.3) is 0 Å². The summed E-state index contributed by atoms with van der Waals surface area (Å²) in [4.78, 5) is 17.4. The molecule has 2 atom stereocenters. The first-order valence-corrected chi connectivity index (χ1v) is 8.23. The number of carbonyl (C=O) groups is 1. The third-order valence-corrected chi connectivity index (χ3v) is 5.04. The van der Waals surface area contributed by atoms with Crippen molar-refractivity contribution in [2.45, 2.75) is 19.0 Å². The number of methoxy groups -OCH3 is 1. The smallest absolute Gasteiger partial charge is 0.327 e. The zero-order valence-electron chi connectivity index (χ0n) is 13.0. The van der Waals surface area contributed by atoms with E-state index in [1.54, 1.807) is 23.7 Å². The molecule has 2 unspecified atom stereocenters. The number of nitrogens with one attached hydrogen (secondary N) is 1. The molecule has 0 amide bonds. The summed E-state index contributed by atoms with van der Waals surface area (Å²) >= 11 is 1.73. The van der Waals surface area contributed by atoms with Gasteiger partial charge < -0.3 is 4.74 Å². The van der Waals surface area contributed by atoms with Gasteiger partial charge in [0.15, 0.2) is 0 Å². The molecule has 0 saturated carbocycles. The lowest BCUT2D eigenvalue weighted by atomic mass is 10.1. The molecular weight excluding hydrogens is 308 g/mol. The quantitative estimate of drug-likeness (QED) is 0.723. The van der Waals surface area contributed by atoms with Gasteiger partial charge in [0.2, 0.25) is 0 Å². The number of aromatic nitrogens is 1. The minimum Gasteiger partial charge on any atom is -0.468 e. The molecule has 1 aromatic carbocycles. The maximum atomic E-state index is 12.1. The molecule has 23 heavy (non-hydrogen) atoms. The van der Waals surface area contributed by atoms with E-state index in [1.165, 1.54) is 22.1 Å². The van der Waals surface area contributed by atoms with Crippen LogP contribution in [0.5, 0.6) is 0 Å². The number of thiophene rings is 1. The molecule has 0 radical (unpaired) electrons. The van der Waals surface area contributed by atoms with E-state index < -0.39 is 6.04 Å². The SMILES string of the molecule is COC(=O)C(NC(C)c1cc2ccccc2s1)c1cccnc1. The van der Waals surface area contributed by atoms with Gasteiger partial charge in [-0.2, -0.15) is 0 Å². The maximum Gasteiger partial charge on any atom is 0.327 e. The van der Waals surface area contributed by atoms with E-state index in [2.05, 4.69) is 35.4 Å². The van der Waals surface area contributed by atoms with E-state index in [1.807, 2.05) is 24.3 Å². The fourth-order valence-corrected chi connectivity index (χ4v) is 3.59. The predicted octanol–water partition coefficient (Wildman–Crippen LogP) is 3.86. The van der Waals surface area contributed by atoms with Gasteiger partial charge >= 0.3 is 5.97 Å². The molecule has 0 saturated heterocycles. The summed E-state index contributed by atoms with van der Waals surface area (Å²) in [6, 6.07) is 13.6. The molecule has 3 rings (SSSR count). The van der Waals surface area contributed by atoms with E-state index in [0.717, 1.165) is 5.56 Å². The summed E-state index contributed by atoms with van der Waals surface area (Å²) in [6.07, 6.45) is 3.37. The van der Waals surface area contributed by atoms with Gasteiger partial charge in [0.05, 0.1) is 7.11 Å². The van der Waals surface area contributed by atoms with Crippen molar-refractivity contribution in [2.24, 2.45) is 0 Å². The lowest BCUT2D eigenvalue weighted by Crippen LogP contribution is -2.31. The van der Waals surface area contributed by atoms with Gasteiger partial charge in [-0.1, -0.05) is 24.3 Å². The second kappa shape index (κ2) is 6.89. The summed E-state index contributed by atoms with van der Waals surface area (Å²) in [5.74, 6) is -0.314. The van der Waals surface area contributed by atoms with Crippen LogP contribution in [0.1, 0.15) is 29.4 Å². The summed E-state index contributed by atoms with van der Waals surface area (Å²) in [5.41, 5.74) is 0.798. The number of hydrogen-bond donors (Lipinski definition) is 1. The van der Waals surface area contributed by atoms with Crippen LogP contribution in [0, 0.1) is 0 Å². The largest absolute Gasteiger partial charge is 0.468 e. The van der Waals surface area contributed by atoms with Crippen molar-refractivity contribution in [1.82, 2.24) is 10.3 Å². The van der Waals surface area contributed by atoms with Gasteiger partial charge in [0, 0.05) is 28.0 Å². The van der Waals surface area contributed by atoms with E-state index in [0.29, 0.717) is 0 Å². The highest BCUT2D eigenvalue weighted by atomic mass is 32.1. The van der Waals surface area contributed by atoms with Gasteiger partial charge in [-0.05, 0) is 36.1 Å². The first-order chi connectivity index (χ1) is 11.2. The Hall–Kier alpha value is -2.24. The molecular formula is C18H18N2O2S. The highest BCUT2D eigenvalue weighted by Crippen LogP contribution is 2.31. The molecule has 118 valence electrons. The molecule has 3 aromatic rings. The van der Waals surface area contributed by atoms with Gasteiger partial charge in [-0.3, -0.25) is 10.3 Å². The van der Waals surface area contributed by atoms with Gasteiger partial charge in [-0.15, -0.1) is 11.3 Å². The summed E-state index contributed by atoms with van der Waals surface area (Å²) in [6.45, 7) is 2.05. The van der Waals surface area contributed by atoms with Crippen LogP contribution in [0.2, 0.25) is 0 Å². The van der Waals surface area contributed by atoms with E-state index in [-0.39, 0.29) is 12.0 Å². The Labute approximate surface area is 139 Å². The van der Waals surface area contributed by atoms with Crippen molar-refractivity contribution < 1.29 is 9.53 Å². The zero-order valence-corrected chi connectivity index (χ0v) is 13.8. The number of rotatable bonds is 5. The van der Waals surface area contributed by atoms with E-state index in [4.69, 9.17) is 4.74 Å². The Morgan fingerprint density at radius 1 is 1.26 bits per heavy atom. The Morgan fingerprint density at radius 2 is 2.09 bits per heavy atom. The average Bonchev–Trinajstić information content (AvgIpc) is 3.04. The Kier molecular flexibility index (Phi) is 4.69. The highest BCUT2D eigenvalue weighted by Gasteiger charge is 2.24. The molecule has 0 aliphatic carbocycles. The Bertz CT molecular complexity index is 768. The molecule has 0 spiro atoms. The molecule has 1 N–H and O–H groups in total. The number of carbonyl (C=O) groups excluding carboxylic acids is 1. The van der Waals surface area contributed by atoms with E-state index in [9.17, 15) is 4.79 Å². The van der Waals surface area contributed by atoms with Crippen LogP contribution in [-0.4, -0.2) is 18.1 Å². The lowest BCUT2D eigenvalue weighted by Gasteiger charge is -2.20. The number of esters is 1. The second-order valence-electron chi connectivity index (χ2n) is 5.32. The monoisotopic (exact) mass is 326 g/mol. The van der Waals surface area contributed by atoms with Crippen LogP contribution < -0.4 is 5.32 Å². The summed E-state index contributed by atoms with van der Waals surface area (Å²) in [5, 5.41) is 4.58. The van der Waals surface area contributed by atoms with Crippen molar-refractivity contribution in [1.29, 1.82) is 0 Å². The maximum absolute atomic E-state index is 12.1. The van der Waals surface area contributed by atoms with E-state index >= 15 is 0 Å². The van der Waals surface area contributed by atoms with Gasteiger partial charge in [0.1, 0.15) is 6.04 Å². The number of hydrogen-bond acceptors (Lipinski definition) is 5. The highest BCUT2D eigenvalue weighted by molar-refractivity contribution is 7.19. The normalized spacial score (nSPS) is 13.7. The summed E-state index contributed by atoms with van der Waals surface area (Å²) in [7, 11) is 1.40. The zero-order chi connectivity index (χ0) is 16.2. The second-order valence-corrected chi connectivity index (χ2v) is 6.43. The van der Waals surface area contributed by atoms with Gasteiger partial charge in [-0.25, -0.2) is 4.79 Å². The molecule has 0 aliphatic rings. The minimum absolute atomic E-state index is 0.0247. The standard InChI is InChI=1S/C18H18N2O2S/c1-12(16-10-13-6-3-4-8-15(13)23-16)20-17(18(21)22-2)14-7-5-9-19-11-14/h3-12,17,20H,1-2H3. The fraction of sp³-hybridized carbons (Fsp3) is 0.222. The molecule has 2 heterocycles. The molecule has 0 aliphatic heterocycles. The Balaban J connectivity index is 1.85. The molecule has 5 heteroatoms. The molecule has 2 aromatic heterocycles. The van der Waals surface area contributed by atoms with Crippen molar-refractivity contribution in [2.75, 3.05) is 7.11 Å². The number of benzene rings is 1. The van der Waals surface area contributed by atoms with Crippen molar-refractivity contribution >= 4 is 27.4 Å². The first-order valence-electron chi connectivity index (χ1n) is 7.41. The van der Waals surface area contributed by atoms with Crippen LogP contribution in [0.4, 0.5) is 0 Å². The van der Waals surface area contributed by atoms with Crippen LogP contribution in [0.15, 0.2) is 54.9 Å². The Morgan fingerprint density at radius 3 is 2.78 bits per heavy atom. The van der Waals surface area contributed by atoms with Crippen molar-refractivity contribution in [3.63, 3.8) is 0 Å². The van der Waals surface area contributed by atoms with Crippen LogP contribution >= 0.6 is 11.3 Å². The number of nitrogens with zero attached hydrogens (tertiary/aromatic N) is 1.